The summed E-state index contributed by atoms with van der Waals surface area (Å²) in [5.41, 5.74) is 0. The van der Waals surface area contributed by atoms with E-state index in [2.05, 4.69) is 38.2 Å². The summed E-state index contributed by atoms with van der Waals surface area (Å²) in [6.07, 6.45) is 20.4. The van der Waals surface area contributed by atoms with Gasteiger partial charge in [0, 0.05) is 0 Å². The van der Waals surface area contributed by atoms with E-state index in [1.165, 1.54) is 44.9 Å². The van der Waals surface area contributed by atoms with Gasteiger partial charge in [-0.3, -0.25) is 0 Å². The van der Waals surface area contributed by atoms with Gasteiger partial charge in [0.05, 0.1) is 0 Å². The van der Waals surface area contributed by atoms with Gasteiger partial charge in [-0.25, -0.2) is 0 Å². The Morgan fingerprint density at radius 2 is 1.47 bits per heavy atom. The van der Waals surface area contributed by atoms with Gasteiger partial charge < -0.3 is 0 Å². The molecule has 0 heteroatoms. The fraction of sp³-hybridized carbons (Fsp3) is 0.667. The monoisotopic (exact) mass is 207 g/mol. The molecule has 1 radical (unpaired) electrons. The van der Waals surface area contributed by atoms with Crippen molar-refractivity contribution in [2.24, 2.45) is 0 Å². The lowest BCUT2D eigenvalue weighted by molar-refractivity contribution is 0.674. The summed E-state index contributed by atoms with van der Waals surface area (Å²) in [5, 5.41) is 0. The highest BCUT2D eigenvalue weighted by atomic mass is 13.9. The molecule has 15 heavy (non-hydrogen) atoms. The second kappa shape index (κ2) is 13.5. The molecule has 0 fully saturated rings. The first-order valence-electron chi connectivity index (χ1n) is 6.51. The topological polar surface area (TPSA) is 0 Å². The summed E-state index contributed by atoms with van der Waals surface area (Å²) < 4.78 is 0. The molecule has 0 bridgehead atoms. The summed E-state index contributed by atoms with van der Waals surface area (Å²) in [7, 11) is 0. The lowest BCUT2D eigenvalue weighted by Gasteiger charge is -1.93. The molecule has 0 aliphatic rings. The molecule has 0 amide bonds. The summed E-state index contributed by atoms with van der Waals surface area (Å²) in [6.45, 7) is 6.08. The Morgan fingerprint density at radius 1 is 0.800 bits per heavy atom. The Labute approximate surface area is 96.5 Å². The van der Waals surface area contributed by atoms with E-state index in [0.717, 1.165) is 12.8 Å². The van der Waals surface area contributed by atoms with Gasteiger partial charge in [0.2, 0.25) is 0 Å². The van der Waals surface area contributed by atoms with Crippen molar-refractivity contribution >= 4 is 0 Å². The van der Waals surface area contributed by atoms with Crippen molar-refractivity contribution in [3.8, 4) is 0 Å². The van der Waals surface area contributed by atoms with E-state index >= 15 is 0 Å². The van der Waals surface area contributed by atoms with E-state index in [9.17, 15) is 0 Å². The lowest BCUT2D eigenvalue weighted by atomic mass is 10.1. The second-order valence-corrected chi connectivity index (χ2v) is 4.02. The van der Waals surface area contributed by atoms with Gasteiger partial charge in [0.1, 0.15) is 0 Å². The number of hydrogen-bond acceptors (Lipinski definition) is 0. The average molecular weight is 207 g/mol. The summed E-state index contributed by atoms with van der Waals surface area (Å²) in [5.74, 6) is 0. The molecule has 0 atom stereocenters. The van der Waals surface area contributed by atoms with Crippen molar-refractivity contribution in [2.75, 3.05) is 0 Å². The number of allylic oxidation sites excluding steroid dienone is 4. The van der Waals surface area contributed by atoms with Crippen molar-refractivity contribution in [1.29, 1.82) is 0 Å². The first-order valence-corrected chi connectivity index (χ1v) is 6.51. The quantitative estimate of drug-likeness (QED) is 0.329. The minimum absolute atomic E-state index is 1.05. The largest absolute Gasteiger partial charge is 0.0882 e. The molecule has 0 N–H and O–H groups in total. The molecule has 0 aromatic rings. The van der Waals surface area contributed by atoms with Crippen LogP contribution in [0, 0.1) is 6.92 Å². The highest BCUT2D eigenvalue weighted by Crippen LogP contribution is 2.03. The smallest absolute Gasteiger partial charge is 0.0169 e. The zero-order valence-electron chi connectivity index (χ0n) is 10.4. The Hall–Kier alpha value is -0.520. The van der Waals surface area contributed by atoms with Crippen molar-refractivity contribution in [1.82, 2.24) is 0 Å². The Kier molecular flexibility index (Phi) is 13.0. The van der Waals surface area contributed by atoms with Crippen LogP contribution >= 0.6 is 0 Å². The van der Waals surface area contributed by atoms with E-state index in [1.807, 2.05) is 0 Å². The first-order chi connectivity index (χ1) is 7.41. The second-order valence-electron chi connectivity index (χ2n) is 4.02. The van der Waals surface area contributed by atoms with Crippen molar-refractivity contribution in [2.45, 2.75) is 64.7 Å². The van der Waals surface area contributed by atoms with E-state index in [0.29, 0.717) is 0 Å². The lowest BCUT2D eigenvalue weighted by Crippen LogP contribution is -1.73. The molecule has 0 aromatic carbocycles. The zero-order chi connectivity index (χ0) is 11.2. The minimum atomic E-state index is 1.05. The molecule has 0 aliphatic heterocycles. The number of hydrogen-bond donors (Lipinski definition) is 0. The van der Waals surface area contributed by atoms with Gasteiger partial charge in [-0.1, -0.05) is 63.8 Å². The van der Waals surface area contributed by atoms with Gasteiger partial charge >= 0.3 is 0 Å². The van der Waals surface area contributed by atoms with Crippen LogP contribution in [0.4, 0.5) is 0 Å². The zero-order valence-corrected chi connectivity index (χ0v) is 10.4. The van der Waals surface area contributed by atoms with Crippen molar-refractivity contribution in [3.63, 3.8) is 0 Å². The van der Waals surface area contributed by atoms with Crippen LogP contribution in [0.5, 0.6) is 0 Å². The molecule has 0 unspecified atom stereocenters. The van der Waals surface area contributed by atoms with Crippen LogP contribution in [0.15, 0.2) is 24.3 Å². The standard InChI is InChI=1S/C15H27/c1-3-5-7-9-11-13-15-14-12-10-8-6-4-2/h9,11,14-15H,1,3-8,10,12-13H2,2H3. The van der Waals surface area contributed by atoms with Crippen LogP contribution in [0.1, 0.15) is 64.7 Å². The maximum Gasteiger partial charge on any atom is -0.0169 e. The third-order valence-corrected chi connectivity index (χ3v) is 2.45. The third-order valence-electron chi connectivity index (χ3n) is 2.45. The van der Waals surface area contributed by atoms with Gasteiger partial charge in [-0.2, -0.15) is 0 Å². The summed E-state index contributed by atoms with van der Waals surface area (Å²) in [6, 6.07) is 0. The predicted octanol–water partition coefficient (Wildman–Crippen LogP) is 5.46. The van der Waals surface area contributed by atoms with Crippen LogP contribution < -0.4 is 0 Å². The fourth-order valence-corrected chi connectivity index (χ4v) is 1.46. The number of unbranched alkanes of at least 4 members (excludes halogenated alkanes) is 6. The van der Waals surface area contributed by atoms with E-state index in [4.69, 9.17) is 0 Å². The third kappa shape index (κ3) is 13.5. The average Bonchev–Trinajstić information content (AvgIpc) is 2.26. The van der Waals surface area contributed by atoms with Crippen molar-refractivity contribution < 1.29 is 0 Å². The molecule has 87 valence electrons. The maximum absolute atomic E-state index is 3.82. The molecule has 0 saturated carbocycles. The van der Waals surface area contributed by atoms with Gasteiger partial charge in [-0.05, 0) is 32.1 Å². The fourth-order valence-electron chi connectivity index (χ4n) is 1.46. The minimum Gasteiger partial charge on any atom is -0.0882 e. The Bertz CT molecular complexity index is 153. The van der Waals surface area contributed by atoms with E-state index in [1.54, 1.807) is 0 Å². The van der Waals surface area contributed by atoms with E-state index < -0.39 is 0 Å². The molecular weight excluding hydrogens is 180 g/mol. The molecule has 0 rings (SSSR count). The van der Waals surface area contributed by atoms with Gasteiger partial charge in [0.25, 0.3) is 0 Å². The Morgan fingerprint density at radius 3 is 2.07 bits per heavy atom. The molecule has 0 heterocycles. The highest BCUT2D eigenvalue weighted by molar-refractivity contribution is 4.92. The molecule has 0 aliphatic carbocycles. The Balaban J connectivity index is 3.13. The molecular formula is C15H27. The molecule has 0 nitrogen and oxygen atoms in total. The summed E-state index contributed by atoms with van der Waals surface area (Å²) >= 11 is 0. The predicted molar refractivity (Wildman–Crippen MR) is 70.9 cm³/mol. The van der Waals surface area contributed by atoms with Crippen LogP contribution in [-0.2, 0) is 0 Å². The van der Waals surface area contributed by atoms with E-state index in [-0.39, 0.29) is 0 Å². The molecule has 0 aromatic heterocycles. The number of rotatable bonds is 10. The van der Waals surface area contributed by atoms with Crippen LogP contribution in [0.25, 0.3) is 0 Å². The SMILES string of the molecule is [CH2]CCCC=CCC=CCCCCCC. The van der Waals surface area contributed by atoms with Gasteiger partial charge in [0.15, 0.2) is 0 Å². The van der Waals surface area contributed by atoms with Crippen LogP contribution in [0.2, 0.25) is 0 Å². The summed E-state index contributed by atoms with van der Waals surface area (Å²) in [4.78, 5) is 0. The van der Waals surface area contributed by atoms with Crippen LogP contribution in [-0.4, -0.2) is 0 Å². The van der Waals surface area contributed by atoms with Crippen molar-refractivity contribution in [3.05, 3.63) is 31.2 Å². The normalized spacial score (nSPS) is 11.9. The maximum atomic E-state index is 3.82. The molecule has 0 spiro atoms. The van der Waals surface area contributed by atoms with Crippen LogP contribution in [0.3, 0.4) is 0 Å². The molecule has 0 saturated heterocycles. The van der Waals surface area contributed by atoms with Gasteiger partial charge in [-0.15, -0.1) is 0 Å². The first kappa shape index (κ1) is 14.5. The highest BCUT2D eigenvalue weighted by Gasteiger charge is 1.83.